The molecular formula is C7H11NO5. The maximum absolute atomic E-state index is 11.1. The molecule has 1 saturated heterocycles. The lowest BCUT2D eigenvalue weighted by molar-refractivity contribution is -0.137. The number of amides is 1. The summed E-state index contributed by atoms with van der Waals surface area (Å²) < 4.78 is 13.9. The number of carbonyl (C=O) groups excluding carboxylic acids is 2. The largest absolute Gasteiger partial charge is 0.430 e. The fraction of sp³-hybridized carbons (Fsp3) is 0.714. The molecule has 74 valence electrons. The molecule has 6 heteroatoms. The van der Waals surface area contributed by atoms with Crippen molar-refractivity contribution in [3.8, 4) is 0 Å². The predicted molar refractivity (Wildman–Crippen MR) is 40.9 cm³/mol. The van der Waals surface area contributed by atoms with Crippen LogP contribution in [0.2, 0.25) is 0 Å². The maximum atomic E-state index is 11.1. The van der Waals surface area contributed by atoms with Crippen LogP contribution in [0.15, 0.2) is 0 Å². The summed E-state index contributed by atoms with van der Waals surface area (Å²) in [4.78, 5) is 22.3. The molecule has 0 saturated carbocycles. The second-order valence-corrected chi connectivity index (χ2v) is 2.39. The van der Waals surface area contributed by atoms with Gasteiger partial charge in [0.25, 0.3) is 6.47 Å². The zero-order valence-electron chi connectivity index (χ0n) is 7.10. The van der Waals surface area contributed by atoms with Gasteiger partial charge in [-0.15, -0.1) is 0 Å². The van der Waals surface area contributed by atoms with Crippen LogP contribution in [-0.4, -0.2) is 50.6 Å². The minimum atomic E-state index is -0.481. The standard InChI is InChI=1S/C7H11NO5/c9-5-12-6-13-7(10)8-1-3-11-4-2-8/h5H,1-4,6H2. The van der Waals surface area contributed by atoms with Crippen molar-refractivity contribution in [3.63, 3.8) is 0 Å². The van der Waals surface area contributed by atoms with E-state index in [4.69, 9.17) is 4.74 Å². The van der Waals surface area contributed by atoms with E-state index >= 15 is 0 Å². The number of morpholine rings is 1. The van der Waals surface area contributed by atoms with E-state index in [1.54, 1.807) is 0 Å². The van der Waals surface area contributed by atoms with Gasteiger partial charge in [0, 0.05) is 13.1 Å². The molecule has 1 amide bonds. The fourth-order valence-corrected chi connectivity index (χ4v) is 0.949. The molecule has 1 fully saturated rings. The van der Waals surface area contributed by atoms with Crippen molar-refractivity contribution in [2.45, 2.75) is 0 Å². The molecular weight excluding hydrogens is 178 g/mol. The molecule has 0 radical (unpaired) electrons. The normalized spacial score (nSPS) is 16.5. The third-order valence-corrected chi connectivity index (χ3v) is 1.59. The Morgan fingerprint density at radius 3 is 2.77 bits per heavy atom. The number of rotatable bonds is 3. The summed E-state index contributed by atoms with van der Waals surface area (Å²) in [5, 5.41) is 0. The number of carbonyl (C=O) groups is 2. The van der Waals surface area contributed by atoms with Gasteiger partial charge in [-0.05, 0) is 0 Å². The molecule has 0 N–H and O–H groups in total. The van der Waals surface area contributed by atoms with Gasteiger partial charge in [0.2, 0.25) is 6.79 Å². The molecule has 1 heterocycles. The minimum absolute atomic E-state index is 0.229. The number of hydrogen-bond donors (Lipinski definition) is 0. The summed E-state index contributed by atoms with van der Waals surface area (Å²) in [6.45, 7) is 1.96. The first kappa shape index (κ1) is 9.79. The Bertz CT molecular complexity index is 178. The lowest BCUT2D eigenvalue weighted by Crippen LogP contribution is -2.41. The highest BCUT2D eigenvalue weighted by molar-refractivity contribution is 5.67. The van der Waals surface area contributed by atoms with Gasteiger partial charge in [0.05, 0.1) is 13.2 Å². The second-order valence-electron chi connectivity index (χ2n) is 2.39. The molecule has 0 unspecified atom stereocenters. The van der Waals surface area contributed by atoms with Crippen LogP contribution in [0.25, 0.3) is 0 Å². The molecule has 1 rings (SSSR count). The molecule has 1 aliphatic rings. The van der Waals surface area contributed by atoms with Gasteiger partial charge in [-0.2, -0.15) is 0 Å². The van der Waals surface area contributed by atoms with Gasteiger partial charge in [0.15, 0.2) is 0 Å². The van der Waals surface area contributed by atoms with E-state index in [9.17, 15) is 9.59 Å². The van der Waals surface area contributed by atoms with Crippen molar-refractivity contribution < 1.29 is 23.8 Å². The smallest absolute Gasteiger partial charge is 0.412 e. The van der Waals surface area contributed by atoms with Gasteiger partial charge in [-0.3, -0.25) is 4.79 Å². The van der Waals surface area contributed by atoms with Crippen molar-refractivity contribution in [2.24, 2.45) is 0 Å². The van der Waals surface area contributed by atoms with E-state index in [1.165, 1.54) is 4.90 Å². The van der Waals surface area contributed by atoms with E-state index in [0.717, 1.165) is 0 Å². The topological polar surface area (TPSA) is 65.1 Å². The van der Waals surface area contributed by atoms with Crippen molar-refractivity contribution in [1.29, 1.82) is 0 Å². The van der Waals surface area contributed by atoms with Crippen LogP contribution in [0.4, 0.5) is 4.79 Å². The van der Waals surface area contributed by atoms with Crippen molar-refractivity contribution in [1.82, 2.24) is 4.90 Å². The molecule has 0 atom stereocenters. The Morgan fingerprint density at radius 2 is 2.15 bits per heavy atom. The van der Waals surface area contributed by atoms with Crippen molar-refractivity contribution in [3.05, 3.63) is 0 Å². The molecule has 13 heavy (non-hydrogen) atoms. The summed E-state index contributed by atoms with van der Waals surface area (Å²) in [6.07, 6.45) is -0.481. The third kappa shape index (κ3) is 3.29. The lowest BCUT2D eigenvalue weighted by atomic mass is 10.5. The molecule has 0 aromatic carbocycles. The molecule has 1 aliphatic heterocycles. The number of ether oxygens (including phenoxy) is 3. The fourth-order valence-electron chi connectivity index (χ4n) is 0.949. The predicted octanol–water partition coefficient (Wildman–Crippen LogP) is -0.414. The first-order valence-electron chi connectivity index (χ1n) is 3.89. The van der Waals surface area contributed by atoms with E-state index < -0.39 is 6.09 Å². The quantitative estimate of drug-likeness (QED) is 0.343. The Morgan fingerprint density at radius 1 is 1.46 bits per heavy atom. The van der Waals surface area contributed by atoms with E-state index in [1.807, 2.05) is 0 Å². The van der Waals surface area contributed by atoms with E-state index in [2.05, 4.69) is 9.47 Å². The van der Waals surface area contributed by atoms with E-state index in [-0.39, 0.29) is 13.3 Å². The number of hydrogen-bond acceptors (Lipinski definition) is 5. The average Bonchev–Trinajstić information content (AvgIpc) is 2.19. The highest BCUT2D eigenvalue weighted by Crippen LogP contribution is 1.99. The monoisotopic (exact) mass is 189 g/mol. The Hall–Kier alpha value is -1.30. The Labute approximate surface area is 75.3 Å². The minimum Gasteiger partial charge on any atom is -0.430 e. The summed E-state index contributed by atoms with van der Waals surface area (Å²) in [5.41, 5.74) is 0. The maximum Gasteiger partial charge on any atom is 0.412 e. The molecule has 0 bridgehead atoms. The SMILES string of the molecule is O=COCOC(=O)N1CCOCC1. The van der Waals surface area contributed by atoms with Gasteiger partial charge in [-0.25, -0.2) is 4.79 Å². The van der Waals surface area contributed by atoms with Crippen LogP contribution in [0.5, 0.6) is 0 Å². The average molecular weight is 189 g/mol. The molecule has 6 nitrogen and oxygen atoms in total. The highest BCUT2D eigenvalue weighted by atomic mass is 16.7. The second kappa shape index (κ2) is 5.36. The van der Waals surface area contributed by atoms with E-state index in [0.29, 0.717) is 26.3 Å². The van der Waals surface area contributed by atoms with Crippen LogP contribution in [0.3, 0.4) is 0 Å². The van der Waals surface area contributed by atoms with Gasteiger partial charge >= 0.3 is 6.09 Å². The van der Waals surface area contributed by atoms with Gasteiger partial charge < -0.3 is 19.1 Å². The van der Waals surface area contributed by atoms with Crippen LogP contribution in [-0.2, 0) is 19.0 Å². The lowest BCUT2D eigenvalue weighted by Gasteiger charge is -2.25. The molecule has 0 aromatic heterocycles. The number of nitrogens with zero attached hydrogens (tertiary/aromatic N) is 1. The summed E-state index contributed by atoms with van der Waals surface area (Å²) in [7, 11) is 0. The van der Waals surface area contributed by atoms with Crippen LogP contribution in [0, 0.1) is 0 Å². The Balaban J connectivity index is 2.17. The summed E-state index contributed by atoms with van der Waals surface area (Å²) in [6, 6.07) is 0. The van der Waals surface area contributed by atoms with Crippen molar-refractivity contribution in [2.75, 3.05) is 33.1 Å². The zero-order chi connectivity index (χ0) is 9.52. The first-order valence-corrected chi connectivity index (χ1v) is 3.89. The van der Waals surface area contributed by atoms with Crippen LogP contribution in [0.1, 0.15) is 0 Å². The first-order chi connectivity index (χ1) is 6.34. The summed E-state index contributed by atoms with van der Waals surface area (Å²) >= 11 is 0. The van der Waals surface area contributed by atoms with Crippen molar-refractivity contribution >= 4 is 12.6 Å². The Kier molecular flexibility index (Phi) is 4.04. The van der Waals surface area contributed by atoms with Gasteiger partial charge in [0.1, 0.15) is 0 Å². The van der Waals surface area contributed by atoms with Crippen LogP contribution >= 0.6 is 0 Å². The third-order valence-electron chi connectivity index (χ3n) is 1.59. The molecule has 0 spiro atoms. The van der Waals surface area contributed by atoms with Gasteiger partial charge in [-0.1, -0.05) is 0 Å². The summed E-state index contributed by atoms with van der Waals surface area (Å²) in [5.74, 6) is 0. The van der Waals surface area contributed by atoms with Crippen LogP contribution < -0.4 is 0 Å². The zero-order valence-corrected chi connectivity index (χ0v) is 7.10. The molecule has 0 aromatic rings. The molecule has 0 aliphatic carbocycles. The highest BCUT2D eigenvalue weighted by Gasteiger charge is 2.17.